The monoisotopic (exact) mass is 353 g/mol. The molecule has 0 aliphatic heterocycles. The zero-order chi connectivity index (χ0) is 12.8. The molecule has 0 aromatic heterocycles. The Kier molecular flexibility index (Phi) is 5.63. The summed E-state index contributed by atoms with van der Waals surface area (Å²) in [4.78, 5) is 10.7. The fourth-order valence-electron chi connectivity index (χ4n) is 1.28. The number of nitrogens with two attached hydrogens (primary N) is 1. The van der Waals surface area contributed by atoms with Crippen LogP contribution in [-0.2, 0) is 11.2 Å². The average molecular weight is 353 g/mol. The Bertz CT molecular complexity index is 400. The first kappa shape index (κ1) is 14.2. The summed E-state index contributed by atoms with van der Waals surface area (Å²) in [7, 11) is 0. The topological polar surface area (TPSA) is 72.5 Å². The van der Waals surface area contributed by atoms with Gasteiger partial charge in [0.1, 0.15) is 25.1 Å². The third-order valence-corrected chi connectivity index (χ3v) is 3.17. The Morgan fingerprint density at radius 3 is 2.88 bits per heavy atom. The van der Waals surface area contributed by atoms with Crippen LogP contribution in [0.25, 0.3) is 0 Å². The molecule has 0 fully saturated rings. The first-order chi connectivity index (χ1) is 8.04. The fraction of sp³-hybridized carbons (Fsp3) is 0.364. The summed E-state index contributed by atoms with van der Waals surface area (Å²) in [5.74, 6) is -0.522. The van der Waals surface area contributed by atoms with Crippen molar-refractivity contribution in [3.05, 3.63) is 27.3 Å². The molecule has 4 nitrogen and oxygen atoms in total. The molecule has 0 radical (unpaired) electrons. The summed E-state index contributed by atoms with van der Waals surface area (Å²) in [5, 5.41) is 8.74. The molecule has 1 atom stereocenters. The molecule has 0 spiro atoms. The van der Waals surface area contributed by atoms with Gasteiger partial charge in [-0.05, 0) is 52.8 Å². The minimum absolute atomic E-state index is 0.00891. The van der Waals surface area contributed by atoms with Gasteiger partial charge in [0.25, 0.3) is 0 Å². The van der Waals surface area contributed by atoms with Crippen molar-refractivity contribution in [2.24, 2.45) is 5.73 Å². The largest absolute Gasteiger partial charge is 0.491 e. The van der Waals surface area contributed by atoms with E-state index in [4.69, 9.17) is 15.6 Å². The lowest BCUT2D eigenvalue weighted by Gasteiger charge is -2.11. The third-order valence-electron chi connectivity index (χ3n) is 2.12. The maximum Gasteiger partial charge on any atom is 0.320 e. The molecule has 0 bridgehead atoms. The molecule has 0 aliphatic carbocycles. The minimum atomic E-state index is -1.05. The third kappa shape index (κ3) is 4.47. The Labute approximate surface area is 112 Å². The maximum absolute atomic E-state index is 12.0. The summed E-state index contributed by atoms with van der Waals surface area (Å²) >= 11 is 2.09. The van der Waals surface area contributed by atoms with Crippen molar-refractivity contribution in [3.8, 4) is 5.75 Å². The molecule has 0 amide bonds. The molecule has 1 rings (SSSR count). The minimum Gasteiger partial charge on any atom is -0.491 e. The number of carboxylic acids is 1. The van der Waals surface area contributed by atoms with Gasteiger partial charge in [-0.15, -0.1) is 0 Å². The highest BCUT2D eigenvalue weighted by molar-refractivity contribution is 14.1. The molecule has 0 unspecified atom stereocenters. The van der Waals surface area contributed by atoms with Crippen LogP contribution in [0.5, 0.6) is 5.75 Å². The number of hydrogen-bond acceptors (Lipinski definition) is 3. The van der Waals surface area contributed by atoms with E-state index in [0.29, 0.717) is 5.75 Å². The smallest absolute Gasteiger partial charge is 0.320 e. The molecular weight excluding hydrogens is 340 g/mol. The van der Waals surface area contributed by atoms with Crippen molar-refractivity contribution in [1.29, 1.82) is 0 Å². The van der Waals surface area contributed by atoms with E-state index in [9.17, 15) is 9.18 Å². The number of rotatable bonds is 6. The van der Waals surface area contributed by atoms with Crippen LogP contribution in [0.4, 0.5) is 4.39 Å². The second-order valence-corrected chi connectivity index (χ2v) is 4.60. The number of aliphatic carboxylic acids is 1. The Hall–Kier alpha value is -0.890. The van der Waals surface area contributed by atoms with Crippen molar-refractivity contribution < 1.29 is 19.0 Å². The van der Waals surface area contributed by atoms with E-state index in [1.807, 2.05) is 0 Å². The molecule has 0 saturated carbocycles. The van der Waals surface area contributed by atoms with E-state index in [0.717, 1.165) is 9.13 Å². The van der Waals surface area contributed by atoms with Crippen molar-refractivity contribution >= 4 is 28.6 Å². The number of carbonyl (C=O) groups is 1. The van der Waals surface area contributed by atoms with Gasteiger partial charge in [0.2, 0.25) is 0 Å². The molecule has 3 N–H and O–H groups in total. The second-order valence-electron chi connectivity index (χ2n) is 3.44. The van der Waals surface area contributed by atoms with Gasteiger partial charge in [-0.2, -0.15) is 0 Å². The number of halogens is 2. The predicted molar refractivity (Wildman–Crippen MR) is 69.9 cm³/mol. The van der Waals surface area contributed by atoms with Crippen LogP contribution in [0.2, 0.25) is 0 Å². The highest BCUT2D eigenvalue weighted by Crippen LogP contribution is 2.20. The lowest BCUT2D eigenvalue weighted by atomic mass is 10.1. The summed E-state index contributed by atoms with van der Waals surface area (Å²) in [5.41, 5.74) is 6.25. The lowest BCUT2D eigenvalue weighted by molar-refractivity contribution is -0.138. The highest BCUT2D eigenvalue weighted by atomic mass is 127. The van der Waals surface area contributed by atoms with E-state index in [1.165, 1.54) is 0 Å². The van der Waals surface area contributed by atoms with Gasteiger partial charge in [0.05, 0.1) is 0 Å². The molecule has 0 heterocycles. The Morgan fingerprint density at radius 2 is 2.29 bits per heavy atom. The van der Waals surface area contributed by atoms with Crippen molar-refractivity contribution in [2.45, 2.75) is 12.5 Å². The van der Waals surface area contributed by atoms with Gasteiger partial charge in [-0.25, -0.2) is 4.39 Å². The molecule has 94 valence electrons. The number of carboxylic acid groups (broad SMARTS) is 1. The van der Waals surface area contributed by atoms with Gasteiger partial charge >= 0.3 is 5.97 Å². The number of ether oxygens (including phenoxy) is 1. The number of hydrogen-bond donors (Lipinski definition) is 2. The molecule has 0 aliphatic rings. The fourth-order valence-corrected chi connectivity index (χ4v) is 1.83. The van der Waals surface area contributed by atoms with Crippen molar-refractivity contribution in [3.63, 3.8) is 0 Å². The summed E-state index contributed by atoms with van der Waals surface area (Å²) in [6, 6.07) is 4.26. The van der Waals surface area contributed by atoms with Gasteiger partial charge in [0, 0.05) is 3.57 Å². The first-order valence-corrected chi connectivity index (χ1v) is 6.08. The van der Waals surface area contributed by atoms with E-state index in [1.54, 1.807) is 18.2 Å². The second kappa shape index (κ2) is 6.75. The van der Waals surface area contributed by atoms with Crippen LogP contribution in [0.1, 0.15) is 5.56 Å². The van der Waals surface area contributed by atoms with Crippen LogP contribution in [0.15, 0.2) is 18.2 Å². The van der Waals surface area contributed by atoms with Gasteiger partial charge < -0.3 is 15.6 Å². The van der Waals surface area contributed by atoms with E-state index >= 15 is 0 Å². The van der Waals surface area contributed by atoms with Crippen LogP contribution in [-0.4, -0.2) is 30.4 Å². The van der Waals surface area contributed by atoms with Gasteiger partial charge in [0.15, 0.2) is 0 Å². The molecule has 17 heavy (non-hydrogen) atoms. The van der Waals surface area contributed by atoms with Crippen LogP contribution >= 0.6 is 22.6 Å². The zero-order valence-electron chi connectivity index (χ0n) is 9.03. The maximum atomic E-state index is 12.0. The van der Waals surface area contributed by atoms with Gasteiger partial charge in [-0.1, -0.05) is 0 Å². The standard InChI is InChI=1S/C11H13FINO3/c12-3-4-17-8-1-2-9(13)7(5-8)6-10(14)11(15)16/h1-2,5,10H,3-4,6,14H2,(H,15,16)/t10-/m1/s1. The summed E-state index contributed by atoms with van der Waals surface area (Å²) in [6.07, 6.45) is 0.223. The SMILES string of the molecule is N[C@H](Cc1cc(OCCF)ccc1I)C(=O)O. The quantitative estimate of drug-likeness (QED) is 0.762. The van der Waals surface area contributed by atoms with E-state index < -0.39 is 18.7 Å². The van der Waals surface area contributed by atoms with Crippen molar-refractivity contribution in [1.82, 2.24) is 0 Å². The van der Waals surface area contributed by atoms with Crippen LogP contribution < -0.4 is 10.5 Å². The summed E-state index contributed by atoms with van der Waals surface area (Å²) in [6.45, 7) is -0.568. The Morgan fingerprint density at radius 1 is 1.59 bits per heavy atom. The van der Waals surface area contributed by atoms with E-state index in [2.05, 4.69) is 22.6 Å². The molecule has 1 aromatic rings. The van der Waals surface area contributed by atoms with Crippen LogP contribution in [0, 0.1) is 3.57 Å². The Balaban J connectivity index is 2.79. The molecule has 6 heteroatoms. The van der Waals surface area contributed by atoms with Crippen LogP contribution in [0.3, 0.4) is 0 Å². The molecule has 1 aromatic carbocycles. The normalized spacial score (nSPS) is 12.2. The number of benzene rings is 1. The number of alkyl halides is 1. The summed E-state index contributed by atoms with van der Waals surface area (Å²) < 4.78 is 18.0. The lowest BCUT2D eigenvalue weighted by Crippen LogP contribution is -2.32. The average Bonchev–Trinajstić information content (AvgIpc) is 2.29. The van der Waals surface area contributed by atoms with Gasteiger partial charge in [-0.3, -0.25) is 4.79 Å². The first-order valence-electron chi connectivity index (χ1n) is 5.00. The molecule has 0 saturated heterocycles. The predicted octanol–water partition coefficient (Wildman–Crippen LogP) is 1.59. The highest BCUT2D eigenvalue weighted by Gasteiger charge is 2.14. The zero-order valence-corrected chi connectivity index (χ0v) is 11.2. The van der Waals surface area contributed by atoms with E-state index in [-0.39, 0.29) is 13.0 Å². The molecular formula is C11H13FINO3. The van der Waals surface area contributed by atoms with Crippen molar-refractivity contribution in [2.75, 3.05) is 13.3 Å².